The summed E-state index contributed by atoms with van der Waals surface area (Å²) in [6.07, 6.45) is 5.51. The zero-order valence-corrected chi connectivity index (χ0v) is 20.0. The predicted octanol–water partition coefficient (Wildman–Crippen LogP) is 4.78. The normalized spacial score (nSPS) is 21.2. The number of fused-ring (bicyclic) bond motifs is 1. The van der Waals surface area contributed by atoms with Crippen LogP contribution in [0.2, 0.25) is 0 Å². The standard InChI is InChI=1S/C26H30N4O2S/c1-18-10-12-19(13-11-18)16-29-24(31)22-15-21(23-9-6-14-33-23)28-30(22)17-26(29,2)25(32)27-20-7-4-3-5-8-20/h6,9-15,20H,3-5,7-8,16-17H2,1-2H3,(H,27,32)/t26-/m0/s1. The van der Waals surface area contributed by atoms with Crippen molar-refractivity contribution in [3.63, 3.8) is 0 Å². The van der Waals surface area contributed by atoms with Crippen LogP contribution in [0.25, 0.3) is 10.6 Å². The second kappa shape index (κ2) is 8.78. The maximum absolute atomic E-state index is 13.8. The molecule has 1 atom stereocenters. The number of hydrogen-bond donors (Lipinski definition) is 1. The molecule has 0 unspecified atom stereocenters. The average molecular weight is 463 g/mol. The summed E-state index contributed by atoms with van der Waals surface area (Å²) in [6, 6.07) is 14.2. The number of carbonyl (C=O) groups excluding carboxylic acids is 2. The summed E-state index contributed by atoms with van der Waals surface area (Å²) in [7, 11) is 0. The smallest absolute Gasteiger partial charge is 0.273 e. The molecule has 6 nitrogen and oxygen atoms in total. The van der Waals surface area contributed by atoms with Gasteiger partial charge < -0.3 is 10.2 Å². The number of nitrogens with one attached hydrogen (secondary N) is 1. The van der Waals surface area contributed by atoms with Crippen molar-refractivity contribution >= 4 is 23.2 Å². The van der Waals surface area contributed by atoms with Crippen molar-refractivity contribution in [1.29, 1.82) is 0 Å². The Hall–Kier alpha value is -2.93. The number of nitrogens with zero attached hydrogens (tertiary/aromatic N) is 3. The monoisotopic (exact) mass is 462 g/mol. The van der Waals surface area contributed by atoms with Gasteiger partial charge in [0, 0.05) is 12.6 Å². The Morgan fingerprint density at radius 2 is 1.94 bits per heavy atom. The van der Waals surface area contributed by atoms with Crippen LogP contribution in [-0.4, -0.2) is 38.1 Å². The highest BCUT2D eigenvalue weighted by Gasteiger charge is 2.48. The number of benzene rings is 1. The van der Waals surface area contributed by atoms with Gasteiger partial charge >= 0.3 is 0 Å². The van der Waals surface area contributed by atoms with E-state index in [0.717, 1.165) is 41.8 Å². The molecule has 3 heterocycles. The van der Waals surface area contributed by atoms with Gasteiger partial charge in [0.15, 0.2) is 0 Å². The van der Waals surface area contributed by atoms with Crippen molar-refractivity contribution in [2.24, 2.45) is 0 Å². The van der Waals surface area contributed by atoms with E-state index in [4.69, 9.17) is 5.10 Å². The van der Waals surface area contributed by atoms with Crippen molar-refractivity contribution in [1.82, 2.24) is 20.0 Å². The molecule has 7 heteroatoms. The zero-order valence-electron chi connectivity index (χ0n) is 19.2. The highest BCUT2D eigenvalue weighted by molar-refractivity contribution is 7.13. The molecule has 0 bridgehead atoms. The van der Waals surface area contributed by atoms with Crippen LogP contribution in [0.5, 0.6) is 0 Å². The van der Waals surface area contributed by atoms with E-state index in [-0.39, 0.29) is 17.9 Å². The van der Waals surface area contributed by atoms with Crippen LogP contribution < -0.4 is 5.32 Å². The molecule has 3 aromatic rings. The topological polar surface area (TPSA) is 67.2 Å². The zero-order chi connectivity index (χ0) is 23.0. The fraction of sp³-hybridized carbons (Fsp3) is 0.423. The van der Waals surface area contributed by atoms with Crippen LogP contribution in [0.1, 0.15) is 60.6 Å². The molecule has 1 N–H and O–H groups in total. The highest BCUT2D eigenvalue weighted by Crippen LogP contribution is 2.33. The number of aryl methyl sites for hydroxylation is 1. The minimum atomic E-state index is -1.02. The summed E-state index contributed by atoms with van der Waals surface area (Å²) in [6.45, 7) is 4.64. The van der Waals surface area contributed by atoms with Gasteiger partial charge in [-0.3, -0.25) is 14.3 Å². The van der Waals surface area contributed by atoms with Gasteiger partial charge in [0.1, 0.15) is 16.9 Å². The van der Waals surface area contributed by atoms with Crippen LogP contribution in [0.4, 0.5) is 0 Å². The second-order valence-corrected chi connectivity index (χ2v) is 10.5. The fourth-order valence-electron chi connectivity index (χ4n) is 4.90. The molecule has 1 aliphatic carbocycles. The highest BCUT2D eigenvalue weighted by atomic mass is 32.1. The molecule has 1 fully saturated rings. The molecule has 0 radical (unpaired) electrons. The van der Waals surface area contributed by atoms with E-state index in [1.165, 1.54) is 12.0 Å². The largest absolute Gasteiger partial charge is 0.351 e. The minimum absolute atomic E-state index is 0.0892. The number of hydrogen-bond acceptors (Lipinski definition) is 4. The first-order valence-corrected chi connectivity index (χ1v) is 12.6. The summed E-state index contributed by atoms with van der Waals surface area (Å²) >= 11 is 1.59. The van der Waals surface area contributed by atoms with Crippen LogP contribution >= 0.6 is 11.3 Å². The first-order valence-electron chi connectivity index (χ1n) is 11.7. The molecule has 1 aromatic carbocycles. The molecule has 33 heavy (non-hydrogen) atoms. The second-order valence-electron chi connectivity index (χ2n) is 9.51. The molecule has 5 rings (SSSR count). The van der Waals surface area contributed by atoms with Gasteiger partial charge in [-0.25, -0.2) is 0 Å². The number of carbonyl (C=O) groups is 2. The molecule has 2 aliphatic rings. The average Bonchev–Trinajstić information content (AvgIpc) is 3.48. The van der Waals surface area contributed by atoms with Gasteiger partial charge in [-0.1, -0.05) is 55.2 Å². The first-order chi connectivity index (χ1) is 15.9. The molecular weight excluding hydrogens is 432 g/mol. The molecule has 172 valence electrons. The Bertz CT molecular complexity index is 1150. The maximum atomic E-state index is 13.8. The third kappa shape index (κ3) is 4.22. The summed E-state index contributed by atoms with van der Waals surface area (Å²) in [5, 5.41) is 9.99. The van der Waals surface area contributed by atoms with Crippen molar-refractivity contribution in [3.8, 4) is 10.6 Å². The van der Waals surface area contributed by atoms with Gasteiger partial charge in [-0.05, 0) is 49.8 Å². The Morgan fingerprint density at radius 1 is 1.18 bits per heavy atom. The van der Waals surface area contributed by atoms with Crippen LogP contribution in [0, 0.1) is 6.92 Å². The molecule has 0 spiro atoms. The quantitative estimate of drug-likeness (QED) is 0.593. The summed E-state index contributed by atoms with van der Waals surface area (Å²) < 4.78 is 1.73. The van der Waals surface area contributed by atoms with Crippen molar-refractivity contribution < 1.29 is 9.59 Å². The summed E-state index contributed by atoms with van der Waals surface area (Å²) in [5.41, 5.74) is 2.47. The van der Waals surface area contributed by atoms with E-state index in [2.05, 4.69) is 5.32 Å². The SMILES string of the molecule is Cc1ccc(CN2C(=O)c3cc(-c4cccs4)nn3C[C@@]2(C)C(=O)NC2CCCCC2)cc1. The van der Waals surface area contributed by atoms with Gasteiger partial charge in [-0.15, -0.1) is 11.3 Å². The van der Waals surface area contributed by atoms with E-state index in [0.29, 0.717) is 18.8 Å². The number of amides is 2. The van der Waals surface area contributed by atoms with E-state index in [1.54, 1.807) is 20.9 Å². The Kier molecular flexibility index (Phi) is 5.83. The number of aromatic nitrogens is 2. The van der Waals surface area contributed by atoms with E-state index >= 15 is 0 Å². The van der Waals surface area contributed by atoms with Gasteiger partial charge in [-0.2, -0.15) is 5.10 Å². The van der Waals surface area contributed by atoms with Crippen molar-refractivity contribution in [2.75, 3.05) is 0 Å². The molecule has 1 aliphatic heterocycles. The third-order valence-electron chi connectivity index (χ3n) is 6.96. The van der Waals surface area contributed by atoms with E-state index in [9.17, 15) is 9.59 Å². The van der Waals surface area contributed by atoms with Crippen LogP contribution in [0.3, 0.4) is 0 Å². The molecular formula is C26H30N4O2S. The lowest BCUT2D eigenvalue weighted by molar-refractivity contribution is -0.134. The lowest BCUT2D eigenvalue weighted by atomic mass is 9.91. The van der Waals surface area contributed by atoms with Crippen LogP contribution in [0.15, 0.2) is 47.8 Å². The molecule has 0 saturated heterocycles. The lowest BCUT2D eigenvalue weighted by Crippen LogP contribution is -2.64. The van der Waals surface area contributed by atoms with E-state index < -0.39 is 5.54 Å². The number of rotatable bonds is 5. The summed E-state index contributed by atoms with van der Waals surface area (Å²) in [4.78, 5) is 30.2. The predicted molar refractivity (Wildman–Crippen MR) is 130 cm³/mol. The van der Waals surface area contributed by atoms with Gasteiger partial charge in [0.2, 0.25) is 5.91 Å². The van der Waals surface area contributed by atoms with E-state index in [1.807, 2.05) is 61.7 Å². The fourth-order valence-corrected chi connectivity index (χ4v) is 5.58. The van der Waals surface area contributed by atoms with Crippen LogP contribution in [-0.2, 0) is 17.9 Å². The Morgan fingerprint density at radius 3 is 2.64 bits per heavy atom. The van der Waals surface area contributed by atoms with Gasteiger partial charge in [0.25, 0.3) is 5.91 Å². The Labute approximate surface area is 198 Å². The lowest BCUT2D eigenvalue weighted by Gasteiger charge is -2.44. The Balaban J connectivity index is 1.50. The number of thiophene rings is 1. The molecule has 2 aromatic heterocycles. The maximum Gasteiger partial charge on any atom is 0.273 e. The molecule has 2 amide bonds. The first kappa shape index (κ1) is 21.9. The van der Waals surface area contributed by atoms with Gasteiger partial charge in [0.05, 0.1) is 11.4 Å². The molecule has 1 saturated carbocycles. The van der Waals surface area contributed by atoms with Crippen molar-refractivity contribution in [2.45, 2.75) is 70.6 Å². The minimum Gasteiger partial charge on any atom is -0.351 e. The third-order valence-corrected chi connectivity index (χ3v) is 7.85. The summed E-state index contributed by atoms with van der Waals surface area (Å²) in [5.74, 6) is -0.243. The van der Waals surface area contributed by atoms with Crippen molar-refractivity contribution in [3.05, 3.63) is 64.7 Å².